The number of amides is 1. The molecule has 0 heterocycles. The number of hydrogen-bond acceptors (Lipinski definition) is 2. The van der Waals surface area contributed by atoms with Crippen LogP contribution in [0.5, 0.6) is 5.75 Å². The van der Waals surface area contributed by atoms with Gasteiger partial charge in [-0.25, -0.2) is 0 Å². The molecule has 1 fully saturated rings. The number of nitrogens with one attached hydrogen (secondary N) is 1. The maximum atomic E-state index is 12.1. The van der Waals surface area contributed by atoms with Crippen LogP contribution in [0.15, 0.2) is 54.6 Å². The molecular formula is C23H27NO2. The molecular weight excluding hydrogens is 322 g/mol. The van der Waals surface area contributed by atoms with Crippen LogP contribution in [-0.2, 0) is 4.79 Å². The number of anilines is 1. The number of carbonyl (C=O) groups excluding carboxylic acids is 1. The zero-order valence-corrected chi connectivity index (χ0v) is 15.4. The van der Waals surface area contributed by atoms with Gasteiger partial charge in [-0.1, -0.05) is 43.5 Å². The second-order valence-electron chi connectivity index (χ2n) is 6.78. The van der Waals surface area contributed by atoms with Gasteiger partial charge in [0.2, 0.25) is 5.91 Å². The van der Waals surface area contributed by atoms with Crippen LogP contribution in [0.4, 0.5) is 5.69 Å². The molecule has 2 aromatic carbocycles. The van der Waals surface area contributed by atoms with Crippen LogP contribution in [0.2, 0.25) is 0 Å². The van der Waals surface area contributed by atoms with Gasteiger partial charge in [0.15, 0.2) is 0 Å². The fraction of sp³-hybridized carbons (Fsp3) is 0.348. The number of carbonyl (C=O) groups is 1. The third-order valence-electron chi connectivity index (χ3n) is 4.87. The van der Waals surface area contributed by atoms with E-state index < -0.39 is 0 Å². The lowest BCUT2D eigenvalue weighted by molar-refractivity contribution is -0.111. The van der Waals surface area contributed by atoms with E-state index in [1.807, 2.05) is 43.3 Å². The molecule has 1 saturated carbocycles. The van der Waals surface area contributed by atoms with Crippen molar-refractivity contribution in [1.29, 1.82) is 0 Å². The van der Waals surface area contributed by atoms with E-state index in [1.165, 1.54) is 37.7 Å². The summed E-state index contributed by atoms with van der Waals surface area (Å²) in [5.41, 5.74) is 3.20. The summed E-state index contributed by atoms with van der Waals surface area (Å²) in [6.45, 7) is 2.61. The molecule has 3 nitrogen and oxygen atoms in total. The van der Waals surface area contributed by atoms with E-state index in [1.54, 1.807) is 12.2 Å². The molecule has 1 N–H and O–H groups in total. The van der Waals surface area contributed by atoms with Gasteiger partial charge in [-0.2, -0.15) is 0 Å². The van der Waals surface area contributed by atoms with Gasteiger partial charge >= 0.3 is 0 Å². The Morgan fingerprint density at radius 2 is 1.73 bits per heavy atom. The quantitative estimate of drug-likeness (QED) is 0.671. The minimum Gasteiger partial charge on any atom is -0.494 e. The van der Waals surface area contributed by atoms with Crippen molar-refractivity contribution in [1.82, 2.24) is 0 Å². The van der Waals surface area contributed by atoms with Gasteiger partial charge in [0.1, 0.15) is 5.75 Å². The number of hydrogen-bond donors (Lipinski definition) is 1. The minimum absolute atomic E-state index is 0.121. The van der Waals surface area contributed by atoms with Gasteiger partial charge in [0.25, 0.3) is 0 Å². The highest BCUT2D eigenvalue weighted by Crippen LogP contribution is 2.32. The van der Waals surface area contributed by atoms with Gasteiger partial charge < -0.3 is 10.1 Å². The second kappa shape index (κ2) is 9.23. The van der Waals surface area contributed by atoms with Crippen LogP contribution in [0.1, 0.15) is 56.1 Å². The Kier molecular flexibility index (Phi) is 6.48. The molecule has 1 amide bonds. The molecule has 26 heavy (non-hydrogen) atoms. The molecule has 0 aliphatic heterocycles. The monoisotopic (exact) mass is 349 g/mol. The SMILES string of the molecule is CCOc1ccc(/C=C\C(=O)Nc2ccc(C3CCCCC3)cc2)cc1. The van der Waals surface area contributed by atoms with Gasteiger partial charge in [-0.05, 0) is 67.2 Å². The molecule has 0 unspecified atom stereocenters. The highest BCUT2D eigenvalue weighted by Gasteiger charge is 2.15. The van der Waals surface area contributed by atoms with E-state index in [0.29, 0.717) is 12.5 Å². The second-order valence-corrected chi connectivity index (χ2v) is 6.78. The fourth-order valence-corrected chi connectivity index (χ4v) is 3.47. The molecule has 1 aliphatic carbocycles. The fourth-order valence-electron chi connectivity index (χ4n) is 3.47. The summed E-state index contributed by atoms with van der Waals surface area (Å²) in [4.78, 5) is 12.1. The third-order valence-corrected chi connectivity index (χ3v) is 4.87. The van der Waals surface area contributed by atoms with Gasteiger partial charge in [0, 0.05) is 11.8 Å². The first kappa shape index (κ1) is 18.2. The Balaban J connectivity index is 1.53. The van der Waals surface area contributed by atoms with Crippen molar-refractivity contribution in [3.63, 3.8) is 0 Å². The number of ether oxygens (including phenoxy) is 1. The number of benzene rings is 2. The lowest BCUT2D eigenvalue weighted by Gasteiger charge is -2.22. The molecule has 0 saturated heterocycles. The Hall–Kier alpha value is -2.55. The standard InChI is InChI=1S/C23H27NO2/c1-2-26-22-15-8-18(9-16-22)10-17-23(25)24-21-13-11-20(12-14-21)19-6-4-3-5-7-19/h8-17,19H,2-7H2,1H3,(H,24,25)/b17-10-. The molecule has 0 aromatic heterocycles. The van der Waals surface area contributed by atoms with Crippen molar-refractivity contribution in [2.45, 2.75) is 44.9 Å². The van der Waals surface area contributed by atoms with E-state index in [4.69, 9.17) is 4.74 Å². The predicted octanol–water partition coefficient (Wildman–Crippen LogP) is 5.78. The molecule has 0 bridgehead atoms. The summed E-state index contributed by atoms with van der Waals surface area (Å²) >= 11 is 0. The van der Waals surface area contributed by atoms with Crippen molar-refractivity contribution in [2.24, 2.45) is 0 Å². The largest absolute Gasteiger partial charge is 0.494 e. The Morgan fingerprint density at radius 1 is 1.04 bits per heavy atom. The van der Waals surface area contributed by atoms with Crippen molar-refractivity contribution >= 4 is 17.7 Å². The molecule has 0 spiro atoms. The van der Waals surface area contributed by atoms with Crippen LogP contribution >= 0.6 is 0 Å². The molecule has 0 atom stereocenters. The Morgan fingerprint density at radius 3 is 2.38 bits per heavy atom. The lowest BCUT2D eigenvalue weighted by Crippen LogP contribution is -2.08. The summed E-state index contributed by atoms with van der Waals surface area (Å²) in [6, 6.07) is 16.0. The molecule has 3 rings (SSSR count). The van der Waals surface area contributed by atoms with Crippen LogP contribution in [0.3, 0.4) is 0 Å². The molecule has 1 aliphatic rings. The van der Waals surface area contributed by atoms with Crippen LogP contribution < -0.4 is 10.1 Å². The van der Waals surface area contributed by atoms with Crippen LogP contribution in [0.25, 0.3) is 6.08 Å². The van der Waals surface area contributed by atoms with E-state index in [0.717, 1.165) is 17.0 Å². The van der Waals surface area contributed by atoms with Crippen molar-refractivity contribution in [2.75, 3.05) is 11.9 Å². The van der Waals surface area contributed by atoms with Gasteiger partial charge in [0.05, 0.1) is 6.61 Å². The highest BCUT2D eigenvalue weighted by molar-refractivity contribution is 6.01. The first-order chi connectivity index (χ1) is 12.7. The minimum atomic E-state index is -0.121. The Bertz CT molecular complexity index is 726. The van der Waals surface area contributed by atoms with Crippen molar-refractivity contribution in [3.8, 4) is 5.75 Å². The van der Waals surface area contributed by atoms with E-state index in [9.17, 15) is 4.79 Å². The average Bonchev–Trinajstić information content (AvgIpc) is 2.69. The predicted molar refractivity (Wildman–Crippen MR) is 108 cm³/mol. The highest BCUT2D eigenvalue weighted by atomic mass is 16.5. The van der Waals surface area contributed by atoms with E-state index >= 15 is 0 Å². The normalized spacial score (nSPS) is 15.1. The topological polar surface area (TPSA) is 38.3 Å². The maximum absolute atomic E-state index is 12.1. The lowest BCUT2D eigenvalue weighted by atomic mass is 9.84. The van der Waals surface area contributed by atoms with Crippen LogP contribution in [0, 0.1) is 0 Å². The first-order valence-corrected chi connectivity index (χ1v) is 9.56. The van der Waals surface area contributed by atoms with Gasteiger partial charge in [-0.15, -0.1) is 0 Å². The summed E-state index contributed by atoms with van der Waals surface area (Å²) in [5.74, 6) is 1.41. The third kappa shape index (κ3) is 5.22. The van der Waals surface area contributed by atoms with Gasteiger partial charge in [-0.3, -0.25) is 4.79 Å². The van der Waals surface area contributed by atoms with Crippen LogP contribution in [-0.4, -0.2) is 12.5 Å². The summed E-state index contributed by atoms with van der Waals surface area (Å²) in [6.07, 6.45) is 9.98. The summed E-state index contributed by atoms with van der Waals surface area (Å²) in [5, 5.41) is 2.92. The molecule has 3 heteroatoms. The number of rotatable bonds is 6. The summed E-state index contributed by atoms with van der Waals surface area (Å²) in [7, 11) is 0. The van der Waals surface area contributed by atoms with Crippen molar-refractivity contribution in [3.05, 3.63) is 65.7 Å². The smallest absolute Gasteiger partial charge is 0.248 e. The summed E-state index contributed by atoms with van der Waals surface area (Å²) < 4.78 is 5.42. The van der Waals surface area contributed by atoms with E-state index in [2.05, 4.69) is 17.4 Å². The molecule has 2 aromatic rings. The zero-order chi connectivity index (χ0) is 18.2. The molecule has 0 radical (unpaired) electrons. The zero-order valence-electron chi connectivity index (χ0n) is 15.4. The Labute approximate surface area is 156 Å². The maximum Gasteiger partial charge on any atom is 0.248 e. The van der Waals surface area contributed by atoms with E-state index in [-0.39, 0.29) is 5.91 Å². The first-order valence-electron chi connectivity index (χ1n) is 9.56. The average molecular weight is 349 g/mol. The van der Waals surface area contributed by atoms with Crippen molar-refractivity contribution < 1.29 is 9.53 Å². The molecule has 136 valence electrons.